The molecule has 2 rings (SSSR count). The Morgan fingerprint density at radius 1 is 1.28 bits per heavy atom. The topological polar surface area (TPSA) is 94.3 Å². The number of esters is 1. The first-order chi connectivity index (χ1) is 11.8. The number of amides is 1. The summed E-state index contributed by atoms with van der Waals surface area (Å²) >= 11 is 19.0. The molecular formula is C15H12Cl3N3O3S. The maximum atomic E-state index is 12.0. The molecule has 0 aliphatic heterocycles. The zero-order chi connectivity index (χ0) is 18.6. The molecule has 1 aromatic heterocycles. The van der Waals surface area contributed by atoms with E-state index < -0.39 is 18.5 Å². The van der Waals surface area contributed by atoms with E-state index in [9.17, 15) is 9.59 Å². The van der Waals surface area contributed by atoms with E-state index in [1.165, 1.54) is 11.8 Å². The van der Waals surface area contributed by atoms with E-state index in [0.717, 1.165) is 4.90 Å². The van der Waals surface area contributed by atoms with E-state index in [2.05, 4.69) is 10.3 Å². The van der Waals surface area contributed by atoms with Gasteiger partial charge in [0.25, 0.3) is 5.91 Å². The molecule has 1 amide bonds. The third kappa shape index (κ3) is 4.92. The van der Waals surface area contributed by atoms with Gasteiger partial charge in [-0.3, -0.25) is 4.79 Å². The molecule has 6 nitrogen and oxygen atoms in total. The number of halogens is 3. The van der Waals surface area contributed by atoms with Crippen LogP contribution in [0.3, 0.4) is 0 Å². The number of nitrogen functional groups attached to an aromatic ring is 1. The number of thioether (sulfide) groups is 1. The molecule has 25 heavy (non-hydrogen) atoms. The Bertz CT molecular complexity index is 833. The van der Waals surface area contributed by atoms with Crippen LogP contribution in [0.4, 0.5) is 11.4 Å². The Kier molecular flexibility index (Phi) is 6.78. The van der Waals surface area contributed by atoms with Crippen molar-refractivity contribution in [1.29, 1.82) is 0 Å². The van der Waals surface area contributed by atoms with Gasteiger partial charge in [0.15, 0.2) is 17.5 Å². The Hall–Kier alpha value is -1.67. The number of carbonyl (C=O) groups excluding carboxylic acids is 2. The molecule has 2 aromatic rings. The van der Waals surface area contributed by atoms with E-state index in [-0.39, 0.29) is 26.6 Å². The van der Waals surface area contributed by atoms with Gasteiger partial charge in [0.1, 0.15) is 5.02 Å². The monoisotopic (exact) mass is 419 g/mol. The summed E-state index contributed by atoms with van der Waals surface area (Å²) in [7, 11) is 0. The van der Waals surface area contributed by atoms with E-state index in [4.69, 9.17) is 45.3 Å². The van der Waals surface area contributed by atoms with Gasteiger partial charge in [-0.2, -0.15) is 0 Å². The molecule has 0 radical (unpaired) electrons. The number of hydrogen-bond acceptors (Lipinski definition) is 6. The summed E-state index contributed by atoms with van der Waals surface area (Å²) < 4.78 is 4.89. The van der Waals surface area contributed by atoms with Crippen molar-refractivity contribution in [3.8, 4) is 0 Å². The lowest BCUT2D eigenvalue weighted by molar-refractivity contribution is -0.119. The minimum Gasteiger partial charge on any atom is -0.451 e. The first-order valence-electron chi connectivity index (χ1n) is 6.74. The van der Waals surface area contributed by atoms with Crippen molar-refractivity contribution >= 4 is 69.8 Å². The highest BCUT2D eigenvalue weighted by Crippen LogP contribution is 2.34. The van der Waals surface area contributed by atoms with E-state index >= 15 is 0 Å². The van der Waals surface area contributed by atoms with Crippen LogP contribution in [-0.4, -0.2) is 29.7 Å². The standard InChI is InChI=1S/C15H12Cl3N3O3S/c1-25-8-4-2-3-7(5-8)20-9(22)6-24-15(23)13-10(16)12(19)11(17)14(18)21-13/h2-5H,6H2,1H3,(H2,19,21)(H,20,22). The van der Waals surface area contributed by atoms with Gasteiger partial charge < -0.3 is 15.8 Å². The van der Waals surface area contributed by atoms with Crippen LogP contribution in [0.15, 0.2) is 29.2 Å². The Morgan fingerprint density at radius 2 is 2.00 bits per heavy atom. The van der Waals surface area contributed by atoms with Crippen molar-refractivity contribution in [3.05, 3.63) is 45.2 Å². The molecule has 0 aliphatic carbocycles. The Labute approximate surface area is 163 Å². The second kappa shape index (κ2) is 8.62. The van der Waals surface area contributed by atoms with Gasteiger partial charge in [0.05, 0.1) is 10.7 Å². The number of pyridine rings is 1. The molecule has 0 bridgehead atoms. The molecular weight excluding hydrogens is 409 g/mol. The van der Waals surface area contributed by atoms with Crippen LogP contribution in [-0.2, 0) is 9.53 Å². The average molecular weight is 421 g/mol. The summed E-state index contributed by atoms with van der Waals surface area (Å²) in [5, 5.41) is 2.18. The highest BCUT2D eigenvalue weighted by Gasteiger charge is 2.21. The Morgan fingerprint density at radius 3 is 2.68 bits per heavy atom. The average Bonchev–Trinajstić information content (AvgIpc) is 2.61. The fraction of sp³-hybridized carbons (Fsp3) is 0.133. The maximum Gasteiger partial charge on any atom is 0.359 e. The minimum atomic E-state index is -0.941. The van der Waals surface area contributed by atoms with Crippen molar-refractivity contribution in [2.75, 3.05) is 23.9 Å². The molecule has 0 spiro atoms. The summed E-state index contributed by atoms with van der Waals surface area (Å²) in [5.74, 6) is -1.46. The normalized spacial score (nSPS) is 10.4. The summed E-state index contributed by atoms with van der Waals surface area (Å²) in [6, 6.07) is 7.22. The van der Waals surface area contributed by atoms with Crippen LogP contribution >= 0.6 is 46.6 Å². The van der Waals surface area contributed by atoms with Crippen molar-refractivity contribution < 1.29 is 14.3 Å². The van der Waals surface area contributed by atoms with Gasteiger partial charge in [-0.25, -0.2) is 9.78 Å². The summed E-state index contributed by atoms with van der Waals surface area (Å²) in [4.78, 5) is 28.6. The summed E-state index contributed by atoms with van der Waals surface area (Å²) in [5.41, 5.74) is 5.81. The molecule has 0 unspecified atom stereocenters. The molecule has 1 aromatic carbocycles. The molecule has 0 fully saturated rings. The second-order valence-corrected chi connectivity index (χ2v) is 6.64. The van der Waals surface area contributed by atoms with E-state index in [0.29, 0.717) is 5.69 Å². The fourth-order valence-corrected chi connectivity index (χ4v) is 2.81. The van der Waals surface area contributed by atoms with Crippen LogP contribution in [0.1, 0.15) is 10.5 Å². The minimum absolute atomic E-state index is 0.0605. The zero-order valence-electron chi connectivity index (χ0n) is 12.8. The molecule has 1 heterocycles. The van der Waals surface area contributed by atoms with Gasteiger partial charge in [-0.1, -0.05) is 40.9 Å². The predicted octanol–water partition coefficient (Wildman–Crippen LogP) is 4.14. The number of nitrogens with zero attached hydrogens (tertiary/aromatic N) is 1. The predicted molar refractivity (Wildman–Crippen MR) is 101 cm³/mol. The molecule has 3 N–H and O–H groups in total. The van der Waals surface area contributed by atoms with E-state index in [1.807, 2.05) is 12.3 Å². The third-order valence-electron chi connectivity index (χ3n) is 2.95. The SMILES string of the molecule is CSc1cccc(NC(=O)COC(=O)c2nc(Cl)c(Cl)c(N)c2Cl)c1. The number of hydrogen-bond donors (Lipinski definition) is 2. The van der Waals surface area contributed by atoms with Gasteiger partial charge >= 0.3 is 5.97 Å². The smallest absolute Gasteiger partial charge is 0.359 e. The largest absolute Gasteiger partial charge is 0.451 e. The van der Waals surface area contributed by atoms with Crippen LogP contribution in [0, 0.1) is 0 Å². The van der Waals surface area contributed by atoms with Gasteiger partial charge in [-0.05, 0) is 24.5 Å². The molecule has 132 valence electrons. The lowest BCUT2D eigenvalue weighted by atomic mass is 10.3. The van der Waals surface area contributed by atoms with Crippen molar-refractivity contribution in [2.45, 2.75) is 4.90 Å². The van der Waals surface area contributed by atoms with Crippen molar-refractivity contribution in [2.24, 2.45) is 0 Å². The summed E-state index contributed by atoms with van der Waals surface area (Å²) in [6.07, 6.45) is 1.92. The maximum absolute atomic E-state index is 12.0. The number of carbonyl (C=O) groups is 2. The molecule has 0 saturated carbocycles. The van der Waals surface area contributed by atoms with Crippen LogP contribution in [0.2, 0.25) is 15.2 Å². The number of ether oxygens (including phenoxy) is 1. The lowest BCUT2D eigenvalue weighted by Gasteiger charge is -2.10. The van der Waals surface area contributed by atoms with Gasteiger partial charge in [-0.15, -0.1) is 11.8 Å². The van der Waals surface area contributed by atoms with Gasteiger partial charge in [0, 0.05) is 10.6 Å². The van der Waals surface area contributed by atoms with Crippen LogP contribution in [0.25, 0.3) is 0 Å². The van der Waals surface area contributed by atoms with Crippen LogP contribution < -0.4 is 11.1 Å². The molecule has 0 atom stereocenters. The molecule has 0 saturated heterocycles. The number of nitrogens with two attached hydrogens (primary N) is 1. The number of anilines is 2. The highest BCUT2D eigenvalue weighted by atomic mass is 35.5. The fourth-order valence-electron chi connectivity index (χ4n) is 1.76. The zero-order valence-corrected chi connectivity index (χ0v) is 15.9. The third-order valence-corrected chi connectivity index (χ3v) is 4.81. The second-order valence-electron chi connectivity index (χ2n) is 4.65. The quantitative estimate of drug-likeness (QED) is 0.429. The number of aromatic nitrogens is 1. The number of benzene rings is 1. The lowest BCUT2D eigenvalue weighted by Crippen LogP contribution is -2.21. The molecule has 10 heteroatoms. The van der Waals surface area contributed by atoms with Crippen molar-refractivity contribution in [3.63, 3.8) is 0 Å². The first kappa shape index (κ1) is 19.7. The van der Waals surface area contributed by atoms with Gasteiger partial charge in [0.2, 0.25) is 0 Å². The number of nitrogens with one attached hydrogen (secondary N) is 1. The highest BCUT2D eigenvalue weighted by molar-refractivity contribution is 7.98. The van der Waals surface area contributed by atoms with Crippen molar-refractivity contribution in [1.82, 2.24) is 4.98 Å². The first-order valence-corrected chi connectivity index (χ1v) is 9.10. The Balaban J connectivity index is 2.01. The van der Waals surface area contributed by atoms with E-state index in [1.54, 1.807) is 18.2 Å². The number of rotatable bonds is 5. The summed E-state index contributed by atoms with van der Waals surface area (Å²) in [6.45, 7) is -0.527. The molecule has 0 aliphatic rings. The van der Waals surface area contributed by atoms with Crippen LogP contribution in [0.5, 0.6) is 0 Å².